The minimum absolute atomic E-state index is 0.214. The van der Waals surface area contributed by atoms with Crippen LogP contribution in [0.1, 0.15) is 42.4 Å². The lowest BCUT2D eigenvalue weighted by atomic mass is 10.0. The lowest BCUT2D eigenvalue weighted by Gasteiger charge is -2.14. The smallest absolute Gasteiger partial charge is 0.315 e. The van der Waals surface area contributed by atoms with E-state index in [1.807, 2.05) is 38.1 Å². The molecule has 0 fully saturated rings. The number of hydrogen-bond acceptors (Lipinski definition) is 3. The zero-order valence-electron chi connectivity index (χ0n) is 14.8. The molecule has 5 nitrogen and oxygen atoms in total. The van der Waals surface area contributed by atoms with E-state index in [-0.39, 0.29) is 6.03 Å². The summed E-state index contributed by atoms with van der Waals surface area (Å²) in [5, 5.41) is 5.61. The SMILES string of the molecule is Cc1cc(CNC(=O)NCCOc2ccccc2C(C)C)c(C)o1. The molecule has 0 aliphatic heterocycles. The van der Waals surface area contributed by atoms with Crippen molar-refractivity contribution < 1.29 is 13.9 Å². The Balaban J connectivity index is 1.71. The molecule has 2 N–H and O–H groups in total. The molecule has 1 heterocycles. The molecular weight excluding hydrogens is 304 g/mol. The van der Waals surface area contributed by atoms with Crippen molar-refractivity contribution in [3.63, 3.8) is 0 Å². The predicted molar refractivity (Wildman–Crippen MR) is 94.4 cm³/mol. The number of para-hydroxylation sites is 1. The first-order valence-corrected chi connectivity index (χ1v) is 8.26. The second-order valence-corrected chi connectivity index (χ2v) is 6.09. The third-order valence-corrected chi connectivity index (χ3v) is 3.77. The number of furan rings is 1. The standard InChI is InChI=1S/C19H26N2O3/c1-13(2)17-7-5-6-8-18(17)23-10-9-20-19(22)21-12-16-11-14(3)24-15(16)4/h5-8,11,13H,9-10,12H2,1-4H3,(H2,20,21,22). The highest BCUT2D eigenvalue weighted by Gasteiger charge is 2.08. The molecule has 2 aromatic rings. The molecule has 0 aliphatic carbocycles. The molecular formula is C19H26N2O3. The first kappa shape index (κ1) is 17.9. The summed E-state index contributed by atoms with van der Waals surface area (Å²) in [5.74, 6) is 2.96. The zero-order chi connectivity index (χ0) is 17.5. The molecule has 0 saturated carbocycles. The lowest BCUT2D eigenvalue weighted by Crippen LogP contribution is -2.37. The van der Waals surface area contributed by atoms with Crippen molar-refractivity contribution in [3.8, 4) is 5.75 Å². The largest absolute Gasteiger partial charge is 0.491 e. The summed E-state index contributed by atoms with van der Waals surface area (Å²) in [6.07, 6.45) is 0. The van der Waals surface area contributed by atoms with Gasteiger partial charge in [-0.25, -0.2) is 4.79 Å². The van der Waals surface area contributed by atoms with Gasteiger partial charge in [-0.15, -0.1) is 0 Å². The maximum absolute atomic E-state index is 11.8. The van der Waals surface area contributed by atoms with E-state index in [2.05, 4.69) is 30.5 Å². The summed E-state index contributed by atoms with van der Waals surface area (Å²) in [4.78, 5) is 11.8. The van der Waals surface area contributed by atoms with E-state index in [0.717, 1.165) is 22.8 Å². The van der Waals surface area contributed by atoms with Crippen molar-refractivity contribution in [2.24, 2.45) is 0 Å². The maximum Gasteiger partial charge on any atom is 0.315 e. The number of carbonyl (C=O) groups is 1. The first-order valence-electron chi connectivity index (χ1n) is 8.26. The molecule has 0 atom stereocenters. The average molecular weight is 330 g/mol. The topological polar surface area (TPSA) is 63.5 Å². The number of hydrogen-bond donors (Lipinski definition) is 2. The number of urea groups is 1. The average Bonchev–Trinajstić information content (AvgIpc) is 2.87. The molecule has 0 bridgehead atoms. The Morgan fingerprint density at radius 3 is 2.62 bits per heavy atom. The lowest BCUT2D eigenvalue weighted by molar-refractivity contribution is 0.236. The maximum atomic E-state index is 11.8. The number of ether oxygens (including phenoxy) is 1. The summed E-state index contributed by atoms with van der Waals surface area (Å²) in [5.41, 5.74) is 2.16. The second-order valence-electron chi connectivity index (χ2n) is 6.09. The molecule has 1 aromatic carbocycles. The van der Waals surface area contributed by atoms with Crippen LogP contribution in [-0.4, -0.2) is 19.2 Å². The van der Waals surface area contributed by atoms with Gasteiger partial charge in [0.1, 0.15) is 23.9 Å². The molecule has 130 valence electrons. The van der Waals surface area contributed by atoms with Crippen molar-refractivity contribution in [2.45, 2.75) is 40.2 Å². The molecule has 0 unspecified atom stereocenters. The third kappa shape index (κ3) is 5.05. The number of amides is 2. The van der Waals surface area contributed by atoms with E-state index < -0.39 is 0 Å². The minimum atomic E-state index is -0.214. The highest BCUT2D eigenvalue weighted by atomic mass is 16.5. The summed E-state index contributed by atoms with van der Waals surface area (Å²) in [6.45, 7) is 9.38. The molecule has 0 radical (unpaired) electrons. The van der Waals surface area contributed by atoms with Crippen molar-refractivity contribution in [2.75, 3.05) is 13.2 Å². The van der Waals surface area contributed by atoms with Crippen LogP contribution >= 0.6 is 0 Å². The quantitative estimate of drug-likeness (QED) is 0.757. The number of rotatable bonds is 7. The second kappa shape index (κ2) is 8.43. The van der Waals surface area contributed by atoms with Crippen molar-refractivity contribution in [1.82, 2.24) is 10.6 Å². The molecule has 24 heavy (non-hydrogen) atoms. The van der Waals surface area contributed by atoms with Crippen LogP contribution in [-0.2, 0) is 6.54 Å². The van der Waals surface area contributed by atoms with Crippen LogP contribution in [0.4, 0.5) is 4.79 Å². The van der Waals surface area contributed by atoms with Gasteiger partial charge < -0.3 is 19.8 Å². The molecule has 0 saturated heterocycles. The highest BCUT2D eigenvalue weighted by molar-refractivity contribution is 5.73. The molecule has 5 heteroatoms. The van der Waals surface area contributed by atoms with E-state index in [1.54, 1.807) is 0 Å². The number of benzene rings is 1. The van der Waals surface area contributed by atoms with Gasteiger partial charge in [0.2, 0.25) is 0 Å². The summed E-state index contributed by atoms with van der Waals surface area (Å²) >= 11 is 0. The Bertz CT molecular complexity index is 677. The number of carbonyl (C=O) groups excluding carboxylic acids is 1. The Labute approximate surface area is 143 Å². The Morgan fingerprint density at radius 1 is 1.21 bits per heavy atom. The summed E-state index contributed by atoms with van der Waals surface area (Å²) in [7, 11) is 0. The van der Waals surface area contributed by atoms with Crippen LogP contribution in [0.2, 0.25) is 0 Å². The first-order chi connectivity index (χ1) is 11.5. The van der Waals surface area contributed by atoms with Gasteiger partial charge in [-0.05, 0) is 37.5 Å². The fourth-order valence-electron chi connectivity index (χ4n) is 2.51. The van der Waals surface area contributed by atoms with Gasteiger partial charge in [0.05, 0.1) is 6.54 Å². The van der Waals surface area contributed by atoms with Gasteiger partial charge in [-0.2, -0.15) is 0 Å². The highest BCUT2D eigenvalue weighted by Crippen LogP contribution is 2.25. The Morgan fingerprint density at radius 2 is 1.96 bits per heavy atom. The van der Waals surface area contributed by atoms with Crippen LogP contribution in [0, 0.1) is 13.8 Å². The fourth-order valence-corrected chi connectivity index (χ4v) is 2.51. The van der Waals surface area contributed by atoms with E-state index in [4.69, 9.17) is 9.15 Å². The molecule has 2 amide bonds. The number of aryl methyl sites for hydroxylation is 2. The number of nitrogens with one attached hydrogen (secondary N) is 2. The van der Waals surface area contributed by atoms with Crippen LogP contribution in [0.3, 0.4) is 0 Å². The zero-order valence-corrected chi connectivity index (χ0v) is 14.8. The van der Waals surface area contributed by atoms with Crippen molar-refractivity contribution >= 4 is 6.03 Å². The van der Waals surface area contributed by atoms with Gasteiger partial charge in [0.25, 0.3) is 0 Å². The van der Waals surface area contributed by atoms with Gasteiger partial charge in [0.15, 0.2) is 0 Å². The Hall–Kier alpha value is -2.43. The minimum Gasteiger partial charge on any atom is -0.491 e. The van der Waals surface area contributed by atoms with E-state index >= 15 is 0 Å². The normalized spacial score (nSPS) is 10.7. The Kier molecular flexibility index (Phi) is 6.29. The van der Waals surface area contributed by atoms with Gasteiger partial charge in [0, 0.05) is 12.1 Å². The van der Waals surface area contributed by atoms with Crippen LogP contribution in [0.5, 0.6) is 5.75 Å². The summed E-state index contributed by atoms with van der Waals surface area (Å²) in [6, 6.07) is 9.70. The predicted octanol–water partition coefficient (Wildman–Crippen LogP) is 3.90. The molecule has 0 aliphatic rings. The van der Waals surface area contributed by atoms with Gasteiger partial charge >= 0.3 is 6.03 Å². The summed E-state index contributed by atoms with van der Waals surface area (Å²) < 4.78 is 11.2. The van der Waals surface area contributed by atoms with Gasteiger partial charge in [-0.1, -0.05) is 32.0 Å². The monoisotopic (exact) mass is 330 g/mol. The molecule has 2 rings (SSSR count). The molecule has 1 aromatic heterocycles. The van der Waals surface area contributed by atoms with E-state index in [9.17, 15) is 4.79 Å². The molecule has 0 spiro atoms. The van der Waals surface area contributed by atoms with Crippen LogP contribution in [0.25, 0.3) is 0 Å². The van der Waals surface area contributed by atoms with Crippen molar-refractivity contribution in [1.29, 1.82) is 0 Å². The van der Waals surface area contributed by atoms with E-state index in [0.29, 0.717) is 25.6 Å². The van der Waals surface area contributed by atoms with Crippen molar-refractivity contribution in [3.05, 3.63) is 53.0 Å². The van der Waals surface area contributed by atoms with Crippen LogP contribution < -0.4 is 15.4 Å². The fraction of sp³-hybridized carbons (Fsp3) is 0.421. The van der Waals surface area contributed by atoms with E-state index in [1.165, 1.54) is 5.56 Å². The van der Waals surface area contributed by atoms with Gasteiger partial charge in [-0.3, -0.25) is 0 Å². The third-order valence-electron chi connectivity index (χ3n) is 3.77. The van der Waals surface area contributed by atoms with Crippen LogP contribution in [0.15, 0.2) is 34.7 Å².